The van der Waals surface area contributed by atoms with Crippen molar-refractivity contribution < 1.29 is 19.0 Å². The van der Waals surface area contributed by atoms with E-state index in [1.54, 1.807) is 17.7 Å². The van der Waals surface area contributed by atoms with Gasteiger partial charge in [-0.1, -0.05) is 175 Å². The van der Waals surface area contributed by atoms with Crippen LogP contribution in [0, 0.1) is 12.8 Å². The van der Waals surface area contributed by atoms with E-state index >= 15 is 0 Å². The number of ether oxygens (including phenoxy) is 3. The molecule has 0 saturated heterocycles. The summed E-state index contributed by atoms with van der Waals surface area (Å²) >= 11 is 0. The van der Waals surface area contributed by atoms with Crippen LogP contribution in [0.3, 0.4) is 0 Å². The van der Waals surface area contributed by atoms with Gasteiger partial charge in [0.25, 0.3) is 0 Å². The monoisotopic (exact) mass is 953 g/mol. The van der Waals surface area contributed by atoms with E-state index in [4.69, 9.17) is 14.2 Å². The summed E-state index contributed by atoms with van der Waals surface area (Å²) in [5.74, 6) is 4.82. The number of esters is 1. The lowest BCUT2D eigenvalue weighted by molar-refractivity contribution is 0.0734. The first kappa shape index (κ1) is 53.2. The topological polar surface area (TPSA) is 44.8 Å². The minimum absolute atomic E-state index is 0.333. The van der Waals surface area contributed by atoms with E-state index in [2.05, 4.69) is 137 Å². The number of benzene rings is 6. The maximum Gasteiger partial charge on any atom is 0.343 e. The van der Waals surface area contributed by atoms with Crippen molar-refractivity contribution in [2.24, 2.45) is 5.92 Å². The zero-order chi connectivity index (χ0) is 49.5. The van der Waals surface area contributed by atoms with E-state index in [1.807, 2.05) is 24.3 Å². The summed E-state index contributed by atoms with van der Waals surface area (Å²) < 4.78 is 17.4. The van der Waals surface area contributed by atoms with E-state index in [0.717, 1.165) is 42.1 Å². The molecule has 71 heavy (non-hydrogen) atoms. The summed E-state index contributed by atoms with van der Waals surface area (Å²) in [4.78, 5) is 12.7. The molecule has 6 aromatic carbocycles. The maximum atomic E-state index is 12.7. The van der Waals surface area contributed by atoms with Crippen LogP contribution in [-0.2, 0) is 12.8 Å². The van der Waals surface area contributed by atoms with Crippen LogP contribution in [0.15, 0.2) is 146 Å². The molecule has 0 heterocycles. The fraction of sp³-hybridized carbons (Fsp3) is 0.448. The molecule has 376 valence electrons. The molecule has 0 radical (unpaired) electrons. The number of hydrogen-bond acceptors (Lipinski definition) is 4. The fourth-order valence-corrected chi connectivity index (χ4v) is 10.8. The number of rotatable bonds is 23. The van der Waals surface area contributed by atoms with Crippen molar-refractivity contribution in [3.63, 3.8) is 0 Å². The van der Waals surface area contributed by atoms with Gasteiger partial charge in [-0.25, -0.2) is 4.79 Å². The molecule has 2 fully saturated rings. The van der Waals surface area contributed by atoms with Crippen LogP contribution in [0.2, 0.25) is 0 Å². The highest BCUT2D eigenvalue weighted by Crippen LogP contribution is 2.41. The first-order valence-corrected chi connectivity index (χ1v) is 27.9. The molecule has 6 aromatic rings. The number of hydrogen-bond donors (Lipinski definition) is 0. The molecule has 0 amide bonds. The number of carbonyl (C=O) groups excluding carboxylic acids is 1. The lowest BCUT2D eigenvalue weighted by Crippen LogP contribution is -2.14. The molecule has 4 nitrogen and oxygen atoms in total. The molecule has 8 rings (SSSR count). The van der Waals surface area contributed by atoms with E-state index < -0.39 is 0 Å². The largest absolute Gasteiger partial charge is 0.493 e. The van der Waals surface area contributed by atoms with Crippen LogP contribution in [0.25, 0.3) is 11.1 Å². The van der Waals surface area contributed by atoms with Crippen molar-refractivity contribution in [1.29, 1.82) is 0 Å². The smallest absolute Gasteiger partial charge is 0.343 e. The van der Waals surface area contributed by atoms with Gasteiger partial charge in [0.2, 0.25) is 0 Å². The molecule has 0 atom stereocenters. The Morgan fingerprint density at radius 1 is 0.423 bits per heavy atom. The zero-order valence-corrected chi connectivity index (χ0v) is 43.9. The highest BCUT2D eigenvalue weighted by molar-refractivity contribution is 5.91. The van der Waals surface area contributed by atoms with E-state index in [1.165, 1.54) is 155 Å². The molecule has 2 aliphatic rings. The Kier molecular flexibility index (Phi) is 21.8. The summed E-state index contributed by atoms with van der Waals surface area (Å²) in [6.45, 7) is 10.1. The van der Waals surface area contributed by atoms with Gasteiger partial charge in [-0.15, -0.1) is 0 Å². The quantitative estimate of drug-likeness (QED) is 0.0365. The summed E-state index contributed by atoms with van der Waals surface area (Å²) in [5, 5.41) is 0. The SMILES string of the molecule is CCCCCCCc1ccc(OCCCOc2ccc(OC(=O)c3ccc(C4CCC(CCCC)CC4)cc3)cc2)cc1.CCCc1ccc(C2CCC(c3ccc(-c4ccc(C)cc4)cc3)CC2)cc1. The predicted molar refractivity (Wildman–Crippen MR) is 298 cm³/mol. The standard InChI is InChI=1S/C39H52O4.C28H32/c1-3-5-7-8-9-12-32-15-23-36(24-16-32)41-29-10-30-42-37-25-27-38(28-26-37)43-39(40)35-21-19-34(20-22-35)33-17-13-31(14-18-33)11-6-4-2;1-3-4-22-7-11-24(12-8-22)26-15-19-28(20-16-26)27-17-13-25(14-18-27)23-9-5-21(2)6-10-23/h15-16,19-28,31,33H,3-14,17-18,29-30H2,1-2H3;5-14,17-18,26,28H,3-4,15-16,19-20H2,1-2H3. The van der Waals surface area contributed by atoms with Crippen LogP contribution in [0.4, 0.5) is 0 Å². The Morgan fingerprint density at radius 2 is 0.859 bits per heavy atom. The van der Waals surface area contributed by atoms with Gasteiger partial charge in [0.1, 0.15) is 17.2 Å². The van der Waals surface area contributed by atoms with Crippen LogP contribution in [0.1, 0.15) is 198 Å². The second kappa shape index (κ2) is 29.0. The molecule has 4 heteroatoms. The van der Waals surface area contributed by atoms with Crippen molar-refractivity contribution in [1.82, 2.24) is 0 Å². The molecule has 0 bridgehead atoms. The lowest BCUT2D eigenvalue weighted by Gasteiger charge is -2.29. The van der Waals surface area contributed by atoms with E-state index in [-0.39, 0.29) is 5.97 Å². The molecule has 0 aliphatic heterocycles. The zero-order valence-electron chi connectivity index (χ0n) is 43.9. The highest BCUT2D eigenvalue weighted by Gasteiger charge is 2.24. The Bertz CT molecular complexity index is 2380. The molecule has 2 saturated carbocycles. The normalized spacial score (nSPS) is 17.7. The van der Waals surface area contributed by atoms with Crippen molar-refractivity contribution in [3.8, 4) is 28.4 Å². The number of aryl methyl sites for hydroxylation is 3. The van der Waals surface area contributed by atoms with Crippen molar-refractivity contribution in [3.05, 3.63) is 185 Å². The Morgan fingerprint density at radius 3 is 1.39 bits per heavy atom. The minimum Gasteiger partial charge on any atom is -0.493 e. The first-order valence-electron chi connectivity index (χ1n) is 27.9. The van der Waals surface area contributed by atoms with E-state index in [9.17, 15) is 4.79 Å². The van der Waals surface area contributed by atoms with Gasteiger partial charge in [0.05, 0.1) is 18.8 Å². The molecular weight excluding hydrogens is 869 g/mol. The summed E-state index contributed by atoms with van der Waals surface area (Å²) in [6, 6.07) is 51.4. The maximum absolute atomic E-state index is 12.7. The number of carbonyl (C=O) groups is 1. The van der Waals surface area contributed by atoms with Gasteiger partial charge >= 0.3 is 5.97 Å². The van der Waals surface area contributed by atoms with Gasteiger partial charge in [-0.05, 0) is 189 Å². The van der Waals surface area contributed by atoms with Gasteiger partial charge in [0, 0.05) is 6.42 Å². The Hall–Kier alpha value is -5.61. The van der Waals surface area contributed by atoms with Crippen molar-refractivity contribution >= 4 is 5.97 Å². The predicted octanol–water partition coefficient (Wildman–Crippen LogP) is 18.8. The summed E-state index contributed by atoms with van der Waals surface area (Å²) in [5.41, 5.74) is 11.8. The Labute approximate surface area is 429 Å². The number of unbranched alkanes of at least 4 members (excludes halogenated alkanes) is 5. The third-order valence-electron chi connectivity index (χ3n) is 15.3. The highest BCUT2D eigenvalue weighted by atomic mass is 16.5. The summed E-state index contributed by atoms with van der Waals surface area (Å²) in [6.07, 6.45) is 25.3. The minimum atomic E-state index is -0.333. The molecule has 0 aromatic heterocycles. The van der Waals surface area contributed by atoms with Gasteiger partial charge < -0.3 is 14.2 Å². The average Bonchev–Trinajstić information content (AvgIpc) is 3.42. The van der Waals surface area contributed by atoms with Gasteiger partial charge in [-0.3, -0.25) is 0 Å². The molecular formula is C67H84O4. The van der Waals surface area contributed by atoms with E-state index in [0.29, 0.717) is 30.4 Å². The molecule has 2 aliphatic carbocycles. The second-order valence-electron chi connectivity index (χ2n) is 20.7. The Balaban J connectivity index is 0.000000228. The molecule has 0 N–H and O–H groups in total. The van der Waals surface area contributed by atoms with Crippen molar-refractivity contribution in [2.75, 3.05) is 13.2 Å². The third-order valence-corrected chi connectivity index (χ3v) is 15.3. The van der Waals surface area contributed by atoms with Crippen LogP contribution >= 0.6 is 0 Å². The van der Waals surface area contributed by atoms with Gasteiger partial charge in [-0.2, -0.15) is 0 Å². The first-order chi connectivity index (χ1) is 34.9. The molecule has 0 unspecified atom stereocenters. The fourth-order valence-electron chi connectivity index (χ4n) is 10.8. The molecule has 0 spiro atoms. The lowest BCUT2D eigenvalue weighted by atomic mass is 9.76. The third kappa shape index (κ3) is 17.3. The van der Waals surface area contributed by atoms with Crippen LogP contribution < -0.4 is 14.2 Å². The van der Waals surface area contributed by atoms with Crippen LogP contribution in [0.5, 0.6) is 17.2 Å². The van der Waals surface area contributed by atoms with Crippen molar-refractivity contribution in [2.45, 2.75) is 174 Å². The second-order valence-corrected chi connectivity index (χ2v) is 20.7. The van der Waals surface area contributed by atoms with Gasteiger partial charge in [0.15, 0.2) is 0 Å². The van der Waals surface area contributed by atoms with Crippen LogP contribution in [-0.4, -0.2) is 19.2 Å². The summed E-state index contributed by atoms with van der Waals surface area (Å²) in [7, 11) is 0. The average molecular weight is 953 g/mol.